The Labute approximate surface area is 180 Å². The minimum Gasteiger partial charge on any atom is -0.462 e. The largest absolute Gasteiger partial charge is 0.462 e. The van der Waals surface area contributed by atoms with Crippen molar-refractivity contribution in [3.63, 3.8) is 0 Å². The highest BCUT2D eigenvalue weighted by molar-refractivity contribution is 8.30. The number of amides is 1. The lowest BCUT2D eigenvalue weighted by atomic mass is 10.1. The van der Waals surface area contributed by atoms with Crippen LogP contribution in [0.15, 0.2) is 28.8 Å². The number of hydrogen-bond donors (Lipinski definition) is 3. The van der Waals surface area contributed by atoms with E-state index in [4.69, 9.17) is 16.3 Å². The number of hydrogen-bond acceptors (Lipinski definition) is 7. The molecule has 1 unspecified atom stereocenters. The van der Waals surface area contributed by atoms with Gasteiger partial charge < -0.3 is 4.74 Å². The first-order valence-corrected chi connectivity index (χ1v) is 12.1. The highest BCUT2D eigenvalue weighted by Gasteiger charge is 2.24. The number of hydrazone groups is 1. The Hall–Kier alpha value is -2.44. The lowest BCUT2D eigenvalue weighted by Crippen LogP contribution is -2.33. The molecule has 2 rings (SSSR count). The summed E-state index contributed by atoms with van der Waals surface area (Å²) < 4.78 is 45.7. The highest BCUT2D eigenvalue weighted by atomic mass is 35.5. The van der Waals surface area contributed by atoms with Crippen LogP contribution in [-0.2, 0) is 19.6 Å². The number of amidine groups is 1. The smallest absolute Gasteiger partial charge is 0.337 e. The van der Waals surface area contributed by atoms with Crippen LogP contribution in [0.1, 0.15) is 30.6 Å². The molecule has 30 heavy (non-hydrogen) atoms. The summed E-state index contributed by atoms with van der Waals surface area (Å²) in [6, 6.07) is 2.33. The van der Waals surface area contributed by atoms with Gasteiger partial charge in [0.25, 0.3) is 5.91 Å². The fraction of sp³-hybridized carbons (Fsp3) is 0.294. The van der Waals surface area contributed by atoms with Gasteiger partial charge in [0.15, 0.2) is 11.0 Å². The highest BCUT2D eigenvalue weighted by Crippen LogP contribution is 2.27. The van der Waals surface area contributed by atoms with Crippen molar-refractivity contribution in [2.45, 2.75) is 20.3 Å². The molecule has 164 valence electrons. The molecule has 0 saturated carbocycles. The van der Waals surface area contributed by atoms with Gasteiger partial charge in [-0.25, -0.2) is 17.6 Å². The van der Waals surface area contributed by atoms with Gasteiger partial charge in [0.1, 0.15) is 0 Å². The van der Waals surface area contributed by atoms with Crippen LogP contribution in [0.3, 0.4) is 0 Å². The van der Waals surface area contributed by atoms with Gasteiger partial charge in [-0.2, -0.15) is 5.10 Å². The molecule has 1 aliphatic heterocycles. The number of benzene rings is 1. The van der Waals surface area contributed by atoms with Crippen molar-refractivity contribution < 1.29 is 27.1 Å². The van der Waals surface area contributed by atoms with E-state index in [1.807, 2.05) is 0 Å². The third-order valence-corrected chi connectivity index (χ3v) is 6.77. The van der Waals surface area contributed by atoms with Gasteiger partial charge in [-0.1, -0.05) is 29.0 Å². The normalized spacial score (nSPS) is 15.9. The molecule has 1 aliphatic rings. The molecule has 13 heteroatoms. The van der Waals surface area contributed by atoms with Gasteiger partial charge in [0.05, 0.1) is 34.0 Å². The third kappa shape index (κ3) is 6.28. The molecular weight excluding hydrogens is 459 g/mol. The molecule has 0 bridgehead atoms. The Morgan fingerprint density at radius 1 is 1.37 bits per heavy atom. The Kier molecular flexibility index (Phi) is 8.38. The van der Waals surface area contributed by atoms with E-state index >= 15 is 0 Å². The summed E-state index contributed by atoms with van der Waals surface area (Å²) in [6.07, 6.45) is 1.79. The molecule has 0 radical (unpaired) electrons. The number of carbonyl (C=O) groups is 2. The summed E-state index contributed by atoms with van der Waals surface area (Å²) in [5.74, 6) is -2.91. The van der Waals surface area contributed by atoms with Gasteiger partial charge in [0.2, 0.25) is 10.0 Å². The second-order valence-corrected chi connectivity index (χ2v) is 9.64. The summed E-state index contributed by atoms with van der Waals surface area (Å²) >= 11 is 5.98. The van der Waals surface area contributed by atoms with E-state index in [1.54, 1.807) is 19.3 Å². The lowest BCUT2D eigenvalue weighted by Gasteiger charge is -2.16. The molecule has 0 aromatic heterocycles. The number of anilines is 1. The maximum absolute atomic E-state index is 14.9. The molecule has 1 aromatic rings. The summed E-state index contributed by atoms with van der Waals surface area (Å²) in [4.78, 5) is 24.4. The van der Waals surface area contributed by atoms with Crippen molar-refractivity contribution in [3.8, 4) is 0 Å². The molecule has 1 aromatic carbocycles. The standard InChI is InChI=1S/C17H20ClFN4O5S2/c1-3-9-30(26,27)23-12-6-5-11(18)14(15(12)19)16(25)21-17-22-20-7-8-29(17)10-13(24)28-4-2/h5-8,10,20,23H,3-4,9H2,1-2H3,(H,21,22,25). The summed E-state index contributed by atoms with van der Waals surface area (Å²) in [5, 5.41) is 8.88. The predicted molar refractivity (Wildman–Crippen MR) is 117 cm³/mol. The van der Waals surface area contributed by atoms with E-state index in [0.29, 0.717) is 6.42 Å². The minimum absolute atomic E-state index is 0.0305. The van der Waals surface area contributed by atoms with Crippen LogP contribution in [-0.4, -0.2) is 43.2 Å². The lowest BCUT2D eigenvalue weighted by molar-refractivity contribution is -0.134. The Morgan fingerprint density at radius 3 is 2.77 bits per heavy atom. The van der Waals surface area contributed by atoms with Crippen molar-refractivity contribution in [2.24, 2.45) is 5.10 Å². The molecule has 0 fully saturated rings. The molecule has 9 nitrogen and oxygen atoms in total. The molecule has 1 amide bonds. The molecule has 3 N–H and O–H groups in total. The van der Waals surface area contributed by atoms with E-state index in [-0.39, 0.29) is 22.6 Å². The van der Waals surface area contributed by atoms with Crippen LogP contribution in [0.2, 0.25) is 5.02 Å². The number of halogens is 2. The van der Waals surface area contributed by atoms with Gasteiger partial charge in [0, 0.05) is 6.20 Å². The molecule has 1 heterocycles. The SMILES string of the molecule is CCCS(=O)(=O)Nc1ccc(Cl)c(C(=O)NC2=NNC=CS2=CC(=O)OCC)c1F. The number of carbonyl (C=O) groups excluding carboxylic acids is 2. The zero-order valence-corrected chi connectivity index (χ0v) is 18.5. The fourth-order valence-electron chi connectivity index (χ4n) is 2.27. The summed E-state index contributed by atoms with van der Waals surface area (Å²) in [5.41, 5.74) is 1.55. The average Bonchev–Trinajstić information content (AvgIpc) is 2.66. The fourth-order valence-corrected chi connectivity index (χ4v) is 4.80. The van der Waals surface area contributed by atoms with E-state index in [1.165, 1.54) is 17.6 Å². The second kappa shape index (κ2) is 10.5. The summed E-state index contributed by atoms with van der Waals surface area (Å²) in [7, 11) is -4.83. The molecule has 0 aliphatic carbocycles. The number of nitrogens with one attached hydrogen (secondary N) is 3. The van der Waals surface area contributed by atoms with Crippen molar-refractivity contribution in [1.29, 1.82) is 0 Å². The van der Waals surface area contributed by atoms with Gasteiger partial charge in [-0.05, 0) is 30.9 Å². The maximum atomic E-state index is 14.9. The van der Waals surface area contributed by atoms with Crippen LogP contribution < -0.4 is 15.5 Å². The monoisotopic (exact) mass is 478 g/mol. The predicted octanol–water partition coefficient (Wildman–Crippen LogP) is 2.34. The van der Waals surface area contributed by atoms with Crippen LogP contribution >= 0.6 is 22.1 Å². The van der Waals surface area contributed by atoms with Crippen LogP contribution in [0.25, 0.3) is 0 Å². The van der Waals surface area contributed by atoms with Crippen LogP contribution in [0.5, 0.6) is 0 Å². The first-order valence-electron chi connectivity index (χ1n) is 8.71. The van der Waals surface area contributed by atoms with E-state index in [9.17, 15) is 22.4 Å². The van der Waals surface area contributed by atoms with E-state index in [0.717, 1.165) is 6.07 Å². The minimum atomic E-state index is -3.78. The third-order valence-electron chi connectivity index (χ3n) is 3.47. The number of nitrogens with zero attached hydrogens (tertiary/aromatic N) is 1. The van der Waals surface area contributed by atoms with Crippen LogP contribution in [0.4, 0.5) is 10.1 Å². The number of sulfonamides is 1. The molecule has 0 spiro atoms. The average molecular weight is 479 g/mol. The van der Waals surface area contributed by atoms with E-state index in [2.05, 4.69) is 20.6 Å². The zero-order chi connectivity index (χ0) is 22.3. The van der Waals surface area contributed by atoms with Gasteiger partial charge in [-0.3, -0.25) is 20.3 Å². The first-order chi connectivity index (χ1) is 14.2. The van der Waals surface area contributed by atoms with Crippen molar-refractivity contribution >= 4 is 60.2 Å². The molecule has 1 atom stereocenters. The quantitative estimate of drug-likeness (QED) is 0.408. The van der Waals surface area contributed by atoms with Gasteiger partial charge in [-0.15, -0.1) is 0 Å². The zero-order valence-electron chi connectivity index (χ0n) is 16.1. The Balaban J connectivity index is 2.31. The number of ether oxygens (including phenoxy) is 1. The Morgan fingerprint density at radius 2 is 2.10 bits per heavy atom. The number of esters is 1. The molecular formula is C17H20ClFN4O5S2. The molecule has 0 saturated heterocycles. The van der Waals surface area contributed by atoms with Crippen molar-refractivity contribution in [2.75, 3.05) is 17.1 Å². The second-order valence-electron chi connectivity index (χ2n) is 5.75. The maximum Gasteiger partial charge on any atom is 0.337 e. The Bertz CT molecular complexity index is 1040. The van der Waals surface area contributed by atoms with Gasteiger partial charge >= 0.3 is 5.97 Å². The number of rotatable bonds is 7. The van der Waals surface area contributed by atoms with Crippen LogP contribution in [0, 0.1) is 5.82 Å². The van der Waals surface area contributed by atoms with E-state index < -0.39 is 49.5 Å². The van der Waals surface area contributed by atoms with Crippen molar-refractivity contribution in [3.05, 3.63) is 40.1 Å². The summed E-state index contributed by atoms with van der Waals surface area (Å²) in [6.45, 7) is 3.49. The topological polar surface area (TPSA) is 126 Å². The first kappa shape index (κ1) is 23.8. The van der Waals surface area contributed by atoms with Crippen molar-refractivity contribution in [1.82, 2.24) is 10.7 Å².